The predicted molar refractivity (Wildman–Crippen MR) is 109 cm³/mol. The summed E-state index contributed by atoms with van der Waals surface area (Å²) in [7, 11) is 1.59. The van der Waals surface area contributed by atoms with Crippen LogP contribution in [0.2, 0.25) is 0 Å². The van der Waals surface area contributed by atoms with Crippen LogP contribution in [-0.2, 0) is 6.54 Å². The monoisotopic (exact) mass is 444 g/mol. The SMILES string of the molecule is CCOc1cc(CNC(=O)c2nnn(-c3ccc(Br)cc3)c2C)ccc1OC. The maximum absolute atomic E-state index is 12.6. The first kappa shape index (κ1) is 19.9. The third-order valence-electron chi connectivity index (χ3n) is 4.16. The van der Waals surface area contributed by atoms with E-state index in [4.69, 9.17) is 9.47 Å². The van der Waals surface area contributed by atoms with E-state index in [-0.39, 0.29) is 5.91 Å². The Morgan fingerprint density at radius 1 is 1.18 bits per heavy atom. The highest BCUT2D eigenvalue weighted by Crippen LogP contribution is 2.28. The number of ether oxygens (including phenoxy) is 2. The summed E-state index contributed by atoms with van der Waals surface area (Å²) in [5.74, 6) is 1.02. The molecule has 7 nitrogen and oxygen atoms in total. The lowest BCUT2D eigenvalue weighted by Crippen LogP contribution is -2.24. The van der Waals surface area contributed by atoms with E-state index in [1.54, 1.807) is 11.8 Å². The van der Waals surface area contributed by atoms with Gasteiger partial charge in [0, 0.05) is 11.0 Å². The van der Waals surface area contributed by atoms with E-state index in [1.165, 1.54) is 0 Å². The lowest BCUT2D eigenvalue weighted by molar-refractivity contribution is 0.0945. The van der Waals surface area contributed by atoms with Crippen molar-refractivity contribution in [1.29, 1.82) is 0 Å². The fraction of sp³-hybridized carbons (Fsp3) is 0.250. The van der Waals surface area contributed by atoms with E-state index < -0.39 is 0 Å². The van der Waals surface area contributed by atoms with Crippen LogP contribution in [0.5, 0.6) is 11.5 Å². The lowest BCUT2D eigenvalue weighted by atomic mass is 10.2. The molecule has 0 saturated heterocycles. The third kappa shape index (κ3) is 4.33. The maximum atomic E-state index is 12.6. The maximum Gasteiger partial charge on any atom is 0.274 e. The van der Waals surface area contributed by atoms with E-state index in [2.05, 4.69) is 31.6 Å². The van der Waals surface area contributed by atoms with Crippen LogP contribution < -0.4 is 14.8 Å². The van der Waals surface area contributed by atoms with E-state index >= 15 is 0 Å². The number of methoxy groups -OCH3 is 1. The van der Waals surface area contributed by atoms with Crippen molar-refractivity contribution in [3.63, 3.8) is 0 Å². The number of amides is 1. The van der Waals surface area contributed by atoms with Crippen molar-refractivity contribution >= 4 is 21.8 Å². The van der Waals surface area contributed by atoms with Crippen molar-refractivity contribution in [2.24, 2.45) is 0 Å². The highest BCUT2D eigenvalue weighted by atomic mass is 79.9. The van der Waals surface area contributed by atoms with Crippen LogP contribution in [0.15, 0.2) is 46.9 Å². The Hall–Kier alpha value is -2.87. The Kier molecular flexibility index (Phi) is 6.30. The smallest absolute Gasteiger partial charge is 0.274 e. The molecule has 0 aliphatic rings. The Balaban J connectivity index is 1.72. The van der Waals surface area contributed by atoms with Crippen LogP contribution in [0, 0.1) is 6.92 Å². The van der Waals surface area contributed by atoms with Crippen molar-refractivity contribution < 1.29 is 14.3 Å². The third-order valence-corrected chi connectivity index (χ3v) is 4.69. The van der Waals surface area contributed by atoms with Gasteiger partial charge in [0.1, 0.15) is 0 Å². The summed E-state index contributed by atoms with van der Waals surface area (Å²) in [5, 5.41) is 11.0. The summed E-state index contributed by atoms with van der Waals surface area (Å²) in [4.78, 5) is 12.6. The molecule has 2 aromatic carbocycles. The van der Waals surface area contributed by atoms with Crippen LogP contribution >= 0.6 is 15.9 Å². The number of hydrogen-bond acceptors (Lipinski definition) is 5. The molecule has 0 spiro atoms. The van der Waals surface area contributed by atoms with Crippen molar-refractivity contribution in [1.82, 2.24) is 20.3 Å². The fourth-order valence-corrected chi connectivity index (χ4v) is 3.00. The molecule has 0 unspecified atom stereocenters. The average molecular weight is 445 g/mol. The molecule has 146 valence electrons. The second-order valence-electron chi connectivity index (χ2n) is 6.01. The molecule has 0 bridgehead atoms. The zero-order valence-corrected chi connectivity index (χ0v) is 17.5. The molecule has 28 heavy (non-hydrogen) atoms. The van der Waals surface area contributed by atoms with Crippen LogP contribution in [-0.4, -0.2) is 34.6 Å². The largest absolute Gasteiger partial charge is 0.493 e. The molecule has 0 atom stereocenters. The summed E-state index contributed by atoms with van der Waals surface area (Å²) in [5.41, 5.74) is 2.70. The van der Waals surface area contributed by atoms with E-state index in [0.29, 0.717) is 36.0 Å². The second-order valence-corrected chi connectivity index (χ2v) is 6.93. The molecule has 0 fully saturated rings. The van der Waals surface area contributed by atoms with E-state index in [1.807, 2.05) is 56.3 Å². The Labute approximate surface area is 171 Å². The minimum atomic E-state index is -0.283. The molecule has 0 saturated carbocycles. The number of carbonyl (C=O) groups is 1. The van der Waals surface area contributed by atoms with E-state index in [0.717, 1.165) is 15.7 Å². The number of nitrogens with zero attached hydrogens (tertiary/aromatic N) is 3. The van der Waals surface area contributed by atoms with Crippen LogP contribution in [0.25, 0.3) is 5.69 Å². The quantitative estimate of drug-likeness (QED) is 0.601. The Morgan fingerprint density at radius 2 is 1.93 bits per heavy atom. The zero-order chi connectivity index (χ0) is 20.1. The van der Waals surface area contributed by atoms with Crippen LogP contribution in [0.1, 0.15) is 28.7 Å². The van der Waals surface area contributed by atoms with Crippen LogP contribution in [0.4, 0.5) is 0 Å². The van der Waals surface area contributed by atoms with Gasteiger partial charge < -0.3 is 14.8 Å². The first-order valence-electron chi connectivity index (χ1n) is 8.79. The molecule has 0 aliphatic carbocycles. The first-order valence-corrected chi connectivity index (χ1v) is 9.59. The minimum Gasteiger partial charge on any atom is -0.493 e. The van der Waals surface area contributed by atoms with Crippen molar-refractivity contribution in [3.05, 3.63) is 63.9 Å². The van der Waals surface area contributed by atoms with Crippen molar-refractivity contribution in [2.45, 2.75) is 20.4 Å². The number of rotatable bonds is 7. The predicted octanol–water partition coefficient (Wildman–Crippen LogP) is 3.68. The highest BCUT2D eigenvalue weighted by Gasteiger charge is 2.17. The topological polar surface area (TPSA) is 78.3 Å². The van der Waals surface area contributed by atoms with Gasteiger partial charge in [-0.3, -0.25) is 4.79 Å². The number of halogens is 1. The second kappa shape index (κ2) is 8.88. The van der Waals surface area contributed by atoms with Gasteiger partial charge >= 0.3 is 0 Å². The normalized spacial score (nSPS) is 10.6. The molecule has 1 N–H and O–H groups in total. The lowest BCUT2D eigenvalue weighted by Gasteiger charge is -2.11. The number of aromatic nitrogens is 3. The van der Waals surface area contributed by atoms with Gasteiger partial charge in [-0.25, -0.2) is 4.68 Å². The van der Waals surface area contributed by atoms with Crippen LogP contribution in [0.3, 0.4) is 0 Å². The molecular weight excluding hydrogens is 424 g/mol. The summed E-state index contributed by atoms with van der Waals surface area (Å²) in [6.45, 7) is 4.60. The van der Waals surface area contributed by atoms with Gasteiger partial charge in [0.15, 0.2) is 17.2 Å². The summed E-state index contributed by atoms with van der Waals surface area (Å²) in [6, 6.07) is 13.2. The number of benzene rings is 2. The molecule has 8 heteroatoms. The standard InChI is InChI=1S/C20H21BrN4O3/c1-4-28-18-11-14(5-10-17(18)27-3)12-22-20(26)19-13(2)25(24-23-19)16-8-6-15(21)7-9-16/h5-11H,4,12H2,1-3H3,(H,22,26). The zero-order valence-electron chi connectivity index (χ0n) is 15.9. The minimum absolute atomic E-state index is 0.283. The van der Waals surface area contributed by atoms with Gasteiger partial charge in [-0.2, -0.15) is 0 Å². The van der Waals surface area contributed by atoms with E-state index in [9.17, 15) is 4.79 Å². The molecule has 1 heterocycles. The number of carbonyl (C=O) groups excluding carboxylic acids is 1. The summed E-state index contributed by atoms with van der Waals surface area (Å²) >= 11 is 3.41. The molecule has 3 rings (SSSR count). The molecule has 3 aromatic rings. The molecular formula is C20H21BrN4O3. The summed E-state index contributed by atoms with van der Waals surface area (Å²) < 4.78 is 13.5. The first-order chi connectivity index (χ1) is 13.5. The van der Waals surface area contributed by atoms with Gasteiger partial charge in [-0.05, 0) is 55.8 Å². The van der Waals surface area contributed by atoms with Gasteiger partial charge in [-0.1, -0.05) is 27.2 Å². The molecule has 1 aromatic heterocycles. The fourth-order valence-electron chi connectivity index (χ4n) is 2.73. The van der Waals surface area contributed by atoms with Crippen molar-refractivity contribution in [3.8, 4) is 17.2 Å². The number of hydrogen-bond donors (Lipinski definition) is 1. The van der Waals surface area contributed by atoms with Gasteiger partial charge in [0.25, 0.3) is 5.91 Å². The average Bonchev–Trinajstić information content (AvgIpc) is 3.08. The molecule has 0 aliphatic heterocycles. The molecule has 0 radical (unpaired) electrons. The summed E-state index contributed by atoms with van der Waals surface area (Å²) in [6.07, 6.45) is 0. The molecule has 1 amide bonds. The van der Waals surface area contributed by atoms with Gasteiger partial charge in [0.05, 0.1) is 25.1 Å². The van der Waals surface area contributed by atoms with Gasteiger partial charge in [0.2, 0.25) is 0 Å². The van der Waals surface area contributed by atoms with Crippen molar-refractivity contribution in [2.75, 3.05) is 13.7 Å². The Bertz CT molecular complexity index is 970. The Morgan fingerprint density at radius 3 is 2.61 bits per heavy atom. The highest BCUT2D eigenvalue weighted by molar-refractivity contribution is 9.10. The van der Waals surface area contributed by atoms with Gasteiger partial charge in [-0.15, -0.1) is 5.10 Å². The number of nitrogens with one attached hydrogen (secondary N) is 1.